The lowest BCUT2D eigenvalue weighted by atomic mass is 10.1. The summed E-state index contributed by atoms with van der Waals surface area (Å²) in [5, 5.41) is 12.1. The Kier molecular flexibility index (Phi) is 6.69. The van der Waals surface area contributed by atoms with E-state index in [1.165, 1.54) is 0 Å². The predicted molar refractivity (Wildman–Crippen MR) is 109 cm³/mol. The Morgan fingerprint density at radius 3 is 2.52 bits per heavy atom. The monoisotopic (exact) mass is 392 g/mol. The number of anilines is 1. The molecule has 1 fully saturated rings. The fourth-order valence-corrected chi connectivity index (χ4v) is 3.15. The molecule has 0 bridgehead atoms. The molecule has 0 aromatic heterocycles. The van der Waals surface area contributed by atoms with Crippen molar-refractivity contribution in [2.45, 2.75) is 13.5 Å². The smallest absolute Gasteiger partial charge is 0.241 e. The number of benzene rings is 2. The number of nitrogens with one attached hydrogen (secondary N) is 1. The van der Waals surface area contributed by atoms with E-state index in [9.17, 15) is 9.59 Å². The van der Waals surface area contributed by atoms with Crippen LogP contribution in [0, 0.1) is 11.3 Å². The van der Waals surface area contributed by atoms with Crippen LogP contribution in [-0.2, 0) is 16.2 Å². The second-order valence-corrected chi connectivity index (χ2v) is 6.87. The molecular weight excluding hydrogens is 368 g/mol. The second kappa shape index (κ2) is 9.60. The molecule has 0 unspecified atom stereocenters. The van der Waals surface area contributed by atoms with Crippen LogP contribution in [0.5, 0.6) is 5.75 Å². The number of hydrogen-bond donors (Lipinski definition) is 1. The Labute approximate surface area is 170 Å². The summed E-state index contributed by atoms with van der Waals surface area (Å²) in [7, 11) is 0. The van der Waals surface area contributed by atoms with Gasteiger partial charge in [-0.25, -0.2) is 0 Å². The summed E-state index contributed by atoms with van der Waals surface area (Å²) in [6.45, 7) is 4.38. The lowest BCUT2D eigenvalue weighted by Gasteiger charge is -2.34. The van der Waals surface area contributed by atoms with Gasteiger partial charge < -0.3 is 19.9 Å². The van der Waals surface area contributed by atoms with Crippen molar-refractivity contribution in [2.75, 3.05) is 38.0 Å². The van der Waals surface area contributed by atoms with Crippen LogP contribution in [0.2, 0.25) is 0 Å². The highest BCUT2D eigenvalue weighted by Crippen LogP contribution is 2.19. The molecule has 7 heteroatoms. The van der Waals surface area contributed by atoms with E-state index >= 15 is 0 Å². The molecule has 2 amide bonds. The van der Waals surface area contributed by atoms with Gasteiger partial charge in [0, 0.05) is 44.9 Å². The van der Waals surface area contributed by atoms with Crippen molar-refractivity contribution >= 4 is 17.5 Å². The van der Waals surface area contributed by atoms with Crippen LogP contribution in [0.25, 0.3) is 0 Å². The average Bonchev–Trinajstić information content (AvgIpc) is 2.76. The highest BCUT2D eigenvalue weighted by atomic mass is 16.5. The van der Waals surface area contributed by atoms with Crippen molar-refractivity contribution in [3.8, 4) is 11.8 Å². The SMILES string of the molecule is CC(=O)N1CCN(C(=O)CNc2cccc(OCc3cccc(C#N)c3)c2)CC1. The van der Waals surface area contributed by atoms with Crippen LogP contribution in [0.4, 0.5) is 5.69 Å². The highest BCUT2D eigenvalue weighted by Gasteiger charge is 2.21. The number of carbonyl (C=O) groups is 2. The predicted octanol–water partition coefficient (Wildman–Crippen LogP) is 2.24. The van der Waals surface area contributed by atoms with E-state index in [0.29, 0.717) is 44.1 Å². The van der Waals surface area contributed by atoms with Crippen LogP contribution in [-0.4, -0.2) is 54.3 Å². The topological polar surface area (TPSA) is 85.7 Å². The van der Waals surface area contributed by atoms with Gasteiger partial charge in [-0.2, -0.15) is 5.26 Å². The molecule has 1 saturated heterocycles. The minimum Gasteiger partial charge on any atom is -0.489 e. The molecule has 1 heterocycles. The summed E-state index contributed by atoms with van der Waals surface area (Å²) in [5.74, 6) is 0.735. The van der Waals surface area contributed by atoms with E-state index in [-0.39, 0.29) is 18.4 Å². The first-order valence-corrected chi connectivity index (χ1v) is 9.54. The average molecular weight is 392 g/mol. The third-order valence-corrected chi connectivity index (χ3v) is 4.82. The molecule has 7 nitrogen and oxygen atoms in total. The molecule has 0 atom stereocenters. The highest BCUT2D eigenvalue weighted by molar-refractivity contribution is 5.81. The minimum absolute atomic E-state index is 0.00726. The molecule has 0 aliphatic carbocycles. The zero-order valence-electron chi connectivity index (χ0n) is 16.4. The fraction of sp³-hybridized carbons (Fsp3) is 0.318. The number of nitriles is 1. The number of carbonyl (C=O) groups excluding carboxylic acids is 2. The van der Waals surface area contributed by atoms with E-state index in [4.69, 9.17) is 10.00 Å². The summed E-state index contributed by atoms with van der Waals surface area (Å²) < 4.78 is 5.81. The Balaban J connectivity index is 1.49. The zero-order chi connectivity index (χ0) is 20.6. The molecular formula is C22H24N4O3. The second-order valence-electron chi connectivity index (χ2n) is 6.87. The maximum atomic E-state index is 12.4. The molecule has 0 radical (unpaired) electrons. The van der Waals surface area contributed by atoms with E-state index in [2.05, 4.69) is 11.4 Å². The third-order valence-electron chi connectivity index (χ3n) is 4.82. The summed E-state index contributed by atoms with van der Waals surface area (Å²) in [6, 6.07) is 16.8. The van der Waals surface area contributed by atoms with Gasteiger partial charge in [0.05, 0.1) is 18.2 Å². The third kappa shape index (κ3) is 5.72. The van der Waals surface area contributed by atoms with Gasteiger partial charge in [0.15, 0.2) is 0 Å². The van der Waals surface area contributed by atoms with Crippen LogP contribution in [0.1, 0.15) is 18.1 Å². The molecule has 1 N–H and O–H groups in total. The van der Waals surface area contributed by atoms with Gasteiger partial charge in [0.2, 0.25) is 11.8 Å². The maximum absolute atomic E-state index is 12.4. The first-order chi connectivity index (χ1) is 14.0. The van der Waals surface area contributed by atoms with Crippen molar-refractivity contribution in [1.29, 1.82) is 5.26 Å². The van der Waals surface area contributed by atoms with Gasteiger partial charge in [-0.05, 0) is 29.8 Å². The maximum Gasteiger partial charge on any atom is 0.241 e. The quantitative estimate of drug-likeness (QED) is 0.815. The van der Waals surface area contributed by atoms with Gasteiger partial charge in [-0.15, -0.1) is 0 Å². The molecule has 1 aliphatic rings. The lowest BCUT2D eigenvalue weighted by molar-refractivity contribution is -0.137. The van der Waals surface area contributed by atoms with E-state index in [1.807, 2.05) is 36.4 Å². The van der Waals surface area contributed by atoms with Crippen molar-refractivity contribution in [2.24, 2.45) is 0 Å². The minimum atomic E-state index is 0.00726. The van der Waals surface area contributed by atoms with Gasteiger partial charge in [0.25, 0.3) is 0 Å². The molecule has 1 aliphatic heterocycles. The first-order valence-electron chi connectivity index (χ1n) is 9.54. The Morgan fingerprint density at radius 2 is 1.79 bits per heavy atom. The van der Waals surface area contributed by atoms with Crippen LogP contribution < -0.4 is 10.1 Å². The standard InChI is InChI=1S/C22H24N4O3/c1-17(27)25-8-10-26(11-9-25)22(28)15-24-20-6-3-7-21(13-20)29-16-19-5-2-4-18(12-19)14-23/h2-7,12-13,24H,8-11,15-16H2,1H3. The molecule has 0 spiro atoms. The number of hydrogen-bond acceptors (Lipinski definition) is 5. The van der Waals surface area contributed by atoms with Crippen LogP contribution >= 0.6 is 0 Å². The molecule has 2 aromatic rings. The van der Waals surface area contributed by atoms with E-state index in [0.717, 1.165) is 11.3 Å². The van der Waals surface area contributed by atoms with Crippen molar-refractivity contribution in [3.63, 3.8) is 0 Å². The Hall–Kier alpha value is -3.53. The summed E-state index contributed by atoms with van der Waals surface area (Å²) in [6.07, 6.45) is 0. The summed E-state index contributed by atoms with van der Waals surface area (Å²) >= 11 is 0. The van der Waals surface area contributed by atoms with Crippen molar-refractivity contribution in [1.82, 2.24) is 9.80 Å². The van der Waals surface area contributed by atoms with Gasteiger partial charge in [0.1, 0.15) is 12.4 Å². The van der Waals surface area contributed by atoms with Gasteiger partial charge in [-0.1, -0.05) is 18.2 Å². The zero-order valence-corrected chi connectivity index (χ0v) is 16.4. The summed E-state index contributed by atoms with van der Waals surface area (Å²) in [5.41, 5.74) is 2.32. The summed E-state index contributed by atoms with van der Waals surface area (Å²) in [4.78, 5) is 27.3. The number of rotatable bonds is 6. The number of nitrogens with zero attached hydrogens (tertiary/aromatic N) is 3. The molecule has 0 saturated carbocycles. The first kappa shape index (κ1) is 20.2. The number of piperazine rings is 1. The van der Waals surface area contributed by atoms with Crippen molar-refractivity contribution < 1.29 is 14.3 Å². The van der Waals surface area contributed by atoms with Crippen LogP contribution in [0.15, 0.2) is 48.5 Å². The fourth-order valence-electron chi connectivity index (χ4n) is 3.15. The number of amides is 2. The molecule has 150 valence electrons. The van der Waals surface area contributed by atoms with Crippen molar-refractivity contribution in [3.05, 3.63) is 59.7 Å². The van der Waals surface area contributed by atoms with E-state index in [1.54, 1.807) is 28.9 Å². The normalized spacial score (nSPS) is 13.5. The molecule has 29 heavy (non-hydrogen) atoms. The van der Waals surface area contributed by atoms with E-state index < -0.39 is 0 Å². The Bertz CT molecular complexity index is 914. The largest absolute Gasteiger partial charge is 0.489 e. The van der Waals surface area contributed by atoms with Gasteiger partial charge in [-0.3, -0.25) is 9.59 Å². The Morgan fingerprint density at radius 1 is 1.07 bits per heavy atom. The lowest BCUT2D eigenvalue weighted by Crippen LogP contribution is -2.51. The number of ether oxygens (including phenoxy) is 1. The van der Waals surface area contributed by atoms with Crippen LogP contribution in [0.3, 0.4) is 0 Å². The van der Waals surface area contributed by atoms with Gasteiger partial charge >= 0.3 is 0 Å². The molecule has 2 aromatic carbocycles. The molecule has 3 rings (SSSR count).